The van der Waals surface area contributed by atoms with Crippen LogP contribution in [0.15, 0.2) is 48.1 Å². The molecule has 2 nitrogen and oxygen atoms in total. The van der Waals surface area contributed by atoms with E-state index in [1.807, 2.05) is 24.3 Å². The monoisotopic (exact) mass is 332 g/mol. The van der Waals surface area contributed by atoms with Gasteiger partial charge in [-0.05, 0) is 29.2 Å². The highest BCUT2D eigenvalue weighted by atomic mass is 19.1. The summed E-state index contributed by atoms with van der Waals surface area (Å²) >= 11 is 0. The summed E-state index contributed by atoms with van der Waals surface area (Å²) in [5, 5.41) is 3.57. The van der Waals surface area contributed by atoms with Crippen LogP contribution in [0.1, 0.15) is 31.9 Å². The molecule has 4 heteroatoms. The Morgan fingerprint density at radius 1 is 1.21 bits per heavy atom. The number of alkyl halides is 1. The first-order chi connectivity index (χ1) is 11.5. The maximum absolute atomic E-state index is 13.5. The number of hydrogen-bond donors (Lipinski definition) is 1. The first-order valence-corrected chi connectivity index (χ1v) is 8.80. The Morgan fingerprint density at radius 3 is 2.58 bits per heavy atom. The van der Waals surface area contributed by atoms with E-state index >= 15 is 0 Å². The molecule has 1 aliphatic carbocycles. The second kappa shape index (κ2) is 7.58. The summed E-state index contributed by atoms with van der Waals surface area (Å²) in [6.07, 6.45) is 5.05. The quantitative estimate of drug-likeness (QED) is 0.896. The molecule has 2 aliphatic rings. The van der Waals surface area contributed by atoms with Crippen LogP contribution < -0.4 is 5.32 Å². The van der Waals surface area contributed by atoms with E-state index in [0.29, 0.717) is 18.4 Å². The molecule has 0 radical (unpaired) electrons. The van der Waals surface area contributed by atoms with Gasteiger partial charge < -0.3 is 5.32 Å². The van der Waals surface area contributed by atoms with Gasteiger partial charge in [-0.1, -0.05) is 44.2 Å². The number of benzene rings is 1. The molecular formula is C20H26F2N2. The van der Waals surface area contributed by atoms with E-state index in [9.17, 15) is 8.78 Å². The second-order valence-electron chi connectivity index (χ2n) is 7.07. The summed E-state index contributed by atoms with van der Waals surface area (Å²) in [5.74, 6) is 0.322. The fourth-order valence-corrected chi connectivity index (χ4v) is 3.56. The summed E-state index contributed by atoms with van der Waals surface area (Å²) in [6, 6.07) is 7.21. The minimum Gasteiger partial charge on any atom is -0.311 e. The summed E-state index contributed by atoms with van der Waals surface area (Å²) in [7, 11) is 0. The van der Waals surface area contributed by atoms with Gasteiger partial charge in [0.1, 0.15) is 12.0 Å². The van der Waals surface area contributed by atoms with Gasteiger partial charge in [-0.2, -0.15) is 0 Å². The topological polar surface area (TPSA) is 15.3 Å². The van der Waals surface area contributed by atoms with Crippen molar-refractivity contribution in [2.45, 2.75) is 38.5 Å². The van der Waals surface area contributed by atoms with Gasteiger partial charge in [0.25, 0.3) is 0 Å². The van der Waals surface area contributed by atoms with Crippen molar-refractivity contribution in [3.63, 3.8) is 0 Å². The van der Waals surface area contributed by atoms with Crippen LogP contribution in [-0.4, -0.2) is 36.7 Å². The van der Waals surface area contributed by atoms with Crippen molar-refractivity contribution in [2.75, 3.05) is 19.6 Å². The van der Waals surface area contributed by atoms with Crippen LogP contribution in [0.25, 0.3) is 0 Å². The predicted molar refractivity (Wildman–Crippen MR) is 94.1 cm³/mol. The fourth-order valence-electron chi connectivity index (χ4n) is 3.56. The smallest absolute Gasteiger partial charge is 0.123 e. The Bertz CT molecular complexity index is 607. The number of piperazine rings is 1. The highest BCUT2D eigenvalue weighted by Gasteiger charge is 2.30. The molecule has 130 valence electrons. The average Bonchev–Trinajstić information content (AvgIpc) is 2.59. The van der Waals surface area contributed by atoms with E-state index in [1.165, 1.54) is 12.1 Å². The van der Waals surface area contributed by atoms with Crippen LogP contribution in [0.4, 0.5) is 8.78 Å². The lowest BCUT2D eigenvalue weighted by molar-refractivity contribution is 0.143. The minimum atomic E-state index is -0.894. The minimum absolute atomic E-state index is 0.0534. The molecule has 1 aromatic rings. The maximum atomic E-state index is 13.5. The summed E-state index contributed by atoms with van der Waals surface area (Å²) in [5.41, 5.74) is 2.17. The largest absolute Gasteiger partial charge is 0.311 e. The van der Waals surface area contributed by atoms with Crippen molar-refractivity contribution in [1.82, 2.24) is 10.2 Å². The lowest BCUT2D eigenvalue weighted by Crippen LogP contribution is -2.53. The molecule has 1 fully saturated rings. The Hall–Kier alpha value is -1.52. The van der Waals surface area contributed by atoms with Gasteiger partial charge in [-0.15, -0.1) is 0 Å². The molecule has 0 saturated carbocycles. The maximum Gasteiger partial charge on any atom is 0.123 e. The van der Waals surface area contributed by atoms with Crippen molar-refractivity contribution >= 4 is 0 Å². The van der Waals surface area contributed by atoms with Crippen LogP contribution in [-0.2, 0) is 0 Å². The number of nitrogens with one attached hydrogen (secondary N) is 1. The van der Waals surface area contributed by atoms with E-state index in [4.69, 9.17) is 0 Å². The molecule has 0 amide bonds. The van der Waals surface area contributed by atoms with E-state index in [0.717, 1.165) is 30.8 Å². The zero-order chi connectivity index (χ0) is 17.1. The summed E-state index contributed by atoms with van der Waals surface area (Å²) in [4.78, 5) is 2.43. The van der Waals surface area contributed by atoms with Crippen molar-refractivity contribution in [1.29, 1.82) is 0 Å². The van der Waals surface area contributed by atoms with Gasteiger partial charge in [0.2, 0.25) is 0 Å². The number of allylic oxidation sites excluding steroid dienone is 2. The standard InChI is InChI=1S/C20H26F2N2/c1-14(2)19-13-24(12-11-23-19)20(15-3-7-17(21)8-4-15)16-5-9-18(22)10-6-16/h3-9,14,18-20,23H,10-13H2,1-2H3/t18?,19-,20?/m1/s1. The lowest BCUT2D eigenvalue weighted by atomic mass is 9.90. The summed E-state index contributed by atoms with van der Waals surface area (Å²) in [6.45, 7) is 7.24. The molecule has 1 saturated heterocycles. The van der Waals surface area contributed by atoms with Gasteiger partial charge in [0.15, 0.2) is 0 Å². The van der Waals surface area contributed by atoms with E-state index < -0.39 is 6.17 Å². The number of rotatable bonds is 4. The van der Waals surface area contributed by atoms with Crippen LogP contribution in [0.5, 0.6) is 0 Å². The number of nitrogens with zero attached hydrogens (tertiary/aromatic N) is 1. The van der Waals surface area contributed by atoms with Gasteiger partial charge in [-0.3, -0.25) is 4.90 Å². The van der Waals surface area contributed by atoms with Gasteiger partial charge in [-0.25, -0.2) is 8.78 Å². The van der Waals surface area contributed by atoms with Crippen LogP contribution >= 0.6 is 0 Å². The predicted octanol–water partition coefficient (Wildman–Crippen LogP) is 4.02. The molecule has 1 N–H and O–H groups in total. The first kappa shape index (κ1) is 17.3. The fraction of sp³-hybridized carbons (Fsp3) is 0.500. The molecule has 1 heterocycles. The molecule has 0 spiro atoms. The third-order valence-electron chi connectivity index (χ3n) is 4.98. The molecule has 0 bridgehead atoms. The van der Waals surface area contributed by atoms with Crippen molar-refractivity contribution in [3.05, 3.63) is 59.4 Å². The van der Waals surface area contributed by atoms with E-state index in [2.05, 4.69) is 24.1 Å². The van der Waals surface area contributed by atoms with Crippen molar-refractivity contribution in [2.24, 2.45) is 5.92 Å². The van der Waals surface area contributed by atoms with E-state index in [1.54, 1.807) is 6.08 Å². The Kier molecular flexibility index (Phi) is 5.47. The summed E-state index contributed by atoms with van der Waals surface area (Å²) < 4.78 is 26.8. The SMILES string of the molecule is CC(C)[C@H]1CN(C(C2=CCC(F)C=C2)c2ccc(F)cc2)CCN1. The van der Waals surface area contributed by atoms with Crippen LogP contribution in [0.2, 0.25) is 0 Å². The number of hydrogen-bond acceptors (Lipinski definition) is 2. The third-order valence-corrected chi connectivity index (χ3v) is 4.98. The second-order valence-corrected chi connectivity index (χ2v) is 7.07. The van der Waals surface area contributed by atoms with Crippen LogP contribution in [0.3, 0.4) is 0 Å². The molecule has 24 heavy (non-hydrogen) atoms. The first-order valence-electron chi connectivity index (χ1n) is 8.80. The van der Waals surface area contributed by atoms with Gasteiger partial charge in [0.05, 0.1) is 6.04 Å². The van der Waals surface area contributed by atoms with Gasteiger partial charge >= 0.3 is 0 Å². The zero-order valence-electron chi connectivity index (χ0n) is 14.4. The van der Waals surface area contributed by atoms with Crippen molar-refractivity contribution < 1.29 is 8.78 Å². The molecule has 1 aliphatic heterocycles. The average molecular weight is 332 g/mol. The molecule has 0 aromatic heterocycles. The highest BCUT2D eigenvalue weighted by molar-refractivity contribution is 5.37. The molecule has 1 aromatic carbocycles. The van der Waals surface area contributed by atoms with Gasteiger partial charge in [0, 0.05) is 32.1 Å². The number of halogens is 2. The molecule has 3 atom stereocenters. The molecular weight excluding hydrogens is 306 g/mol. The Morgan fingerprint density at radius 2 is 1.96 bits per heavy atom. The van der Waals surface area contributed by atoms with Crippen molar-refractivity contribution in [3.8, 4) is 0 Å². The normalized spacial score (nSPS) is 26.5. The molecule has 3 rings (SSSR count). The van der Waals surface area contributed by atoms with Crippen LogP contribution in [0, 0.1) is 11.7 Å². The molecule has 2 unspecified atom stereocenters. The highest BCUT2D eigenvalue weighted by Crippen LogP contribution is 2.33. The van der Waals surface area contributed by atoms with E-state index in [-0.39, 0.29) is 11.9 Å². The Labute approximate surface area is 143 Å². The Balaban J connectivity index is 1.90. The lowest BCUT2D eigenvalue weighted by Gasteiger charge is -2.41. The zero-order valence-corrected chi connectivity index (χ0v) is 14.4. The third kappa shape index (κ3) is 3.93.